The molecule has 4 rings (SSSR count). The van der Waals surface area contributed by atoms with Crippen LogP contribution in [0, 0.1) is 6.92 Å². The molecule has 2 saturated heterocycles. The van der Waals surface area contributed by atoms with Gasteiger partial charge in [-0.2, -0.15) is 0 Å². The van der Waals surface area contributed by atoms with E-state index in [1.54, 1.807) is 0 Å². The van der Waals surface area contributed by atoms with Crippen molar-refractivity contribution in [2.45, 2.75) is 95.3 Å². The maximum atomic E-state index is 13.0. The number of nitrogens with zero attached hydrogens (tertiary/aromatic N) is 1. The van der Waals surface area contributed by atoms with Crippen molar-refractivity contribution in [1.82, 2.24) is 15.5 Å². The molecule has 0 spiro atoms. The summed E-state index contributed by atoms with van der Waals surface area (Å²) in [5.74, 6) is 0.0151. The summed E-state index contributed by atoms with van der Waals surface area (Å²) >= 11 is 0. The molecule has 0 unspecified atom stereocenters. The summed E-state index contributed by atoms with van der Waals surface area (Å²) in [5.41, 5.74) is 1.76. The molecule has 2 N–H and O–H groups in total. The van der Waals surface area contributed by atoms with Gasteiger partial charge in [-0.3, -0.25) is 4.79 Å². The van der Waals surface area contributed by atoms with E-state index in [4.69, 9.17) is 0 Å². The number of amides is 3. The van der Waals surface area contributed by atoms with E-state index in [2.05, 4.69) is 15.5 Å². The highest BCUT2D eigenvalue weighted by Crippen LogP contribution is 2.34. The number of benzene rings is 1. The molecule has 1 saturated carbocycles. The van der Waals surface area contributed by atoms with E-state index in [-0.39, 0.29) is 30.1 Å². The number of aryl methyl sites for hydroxylation is 1. The van der Waals surface area contributed by atoms with Crippen molar-refractivity contribution < 1.29 is 9.59 Å². The van der Waals surface area contributed by atoms with Gasteiger partial charge in [0.25, 0.3) is 5.91 Å². The summed E-state index contributed by atoms with van der Waals surface area (Å²) in [5, 5.41) is 6.55. The number of hydrogen-bond donors (Lipinski definition) is 2. The van der Waals surface area contributed by atoms with Crippen LogP contribution in [0.2, 0.25) is 0 Å². The van der Waals surface area contributed by atoms with Crippen molar-refractivity contribution in [1.29, 1.82) is 0 Å². The fourth-order valence-electron chi connectivity index (χ4n) is 5.42. The maximum absolute atomic E-state index is 13.0. The third kappa shape index (κ3) is 4.18. The molecule has 0 radical (unpaired) electrons. The van der Waals surface area contributed by atoms with Crippen LogP contribution in [0.15, 0.2) is 24.3 Å². The molecule has 2 bridgehead atoms. The van der Waals surface area contributed by atoms with Gasteiger partial charge in [-0.25, -0.2) is 4.79 Å². The first-order valence-electron chi connectivity index (χ1n) is 11.1. The van der Waals surface area contributed by atoms with Crippen molar-refractivity contribution in [3.63, 3.8) is 0 Å². The Kier molecular flexibility index (Phi) is 5.88. The van der Waals surface area contributed by atoms with Gasteiger partial charge in [-0.05, 0) is 63.5 Å². The zero-order chi connectivity index (χ0) is 19.5. The zero-order valence-electron chi connectivity index (χ0n) is 17.0. The zero-order valence-corrected chi connectivity index (χ0v) is 17.0. The summed E-state index contributed by atoms with van der Waals surface area (Å²) in [4.78, 5) is 27.8. The number of carbonyl (C=O) groups is 2. The number of carbonyl (C=O) groups excluding carboxylic acids is 2. The number of rotatable bonds is 3. The Labute approximate surface area is 168 Å². The average molecular weight is 384 g/mol. The molecule has 2 atom stereocenters. The Hall–Kier alpha value is -2.04. The van der Waals surface area contributed by atoms with Gasteiger partial charge in [0.2, 0.25) is 0 Å². The normalized spacial score (nSPS) is 27.9. The number of piperidine rings is 2. The van der Waals surface area contributed by atoms with Gasteiger partial charge in [0, 0.05) is 29.7 Å². The molecule has 0 aromatic heterocycles. The fraction of sp³-hybridized carbons (Fsp3) is 0.652. The molecule has 1 aliphatic carbocycles. The Morgan fingerprint density at radius 1 is 0.857 bits per heavy atom. The monoisotopic (exact) mass is 383 g/mol. The van der Waals surface area contributed by atoms with E-state index in [1.165, 1.54) is 25.7 Å². The third-order valence-electron chi connectivity index (χ3n) is 6.87. The highest BCUT2D eigenvalue weighted by Gasteiger charge is 2.41. The number of urea groups is 1. The van der Waals surface area contributed by atoms with E-state index in [0.29, 0.717) is 6.04 Å². The first kappa shape index (κ1) is 19.3. The topological polar surface area (TPSA) is 61.4 Å². The van der Waals surface area contributed by atoms with Crippen molar-refractivity contribution >= 4 is 11.9 Å². The largest absolute Gasteiger partial charge is 0.349 e. The van der Waals surface area contributed by atoms with Crippen LogP contribution in [0.25, 0.3) is 0 Å². The lowest BCUT2D eigenvalue weighted by Gasteiger charge is -2.49. The second-order valence-electron chi connectivity index (χ2n) is 8.89. The summed E-state index contributed by atoms with van der Waals surface area (Å²) in [6, 6.07) is 8.86. The van der Waals surface area contributed by atoms with Crippen molar-refractivity contribution in [2.75, 3.05) is 0 Å². The van der Waals surface area contributed by atoms with E-state index < -0.39 is 0 Å². The minimum absolute atomic E-state index is 0.0151. The minimum atomic E-state index is 0.0151. The van der Waals surface area contributed by atoms with Crippen molar-refractivity contribution in [3.05, 3.63) is 35.4 Å². The molecular weight excluding hydrogens is 350 g/mol. The minimum Gasteiger partial charge on any atom is -0.349 e. The average Bonchev–Trinajstić information content (AvgIpc) is 2.68. The Morgan fingerprint density at radius 3 is 2.21 bits per heavy atom. The SMILES string of the molecule is Cc1ccccc1C(=O)NC1C[C@@H]2CCC[C@@H](C1)N2C(=O)NC1CCCCC1. The van der Waals surface area contributed by atoms with Crippen LogP contribution in [0.1, 0.15) is 80.1 Å². The van der Waals surface area contributed by atoms with Gasteiger partial charge in [0.05, 0.1) is 0 Å². The van der Waals surface area contributed by atoms with Gasteiger partial charge in [-0.1, -0.05) is 37.5 Å². The summed E-state index contributed by atoms with van der Waals surface area (Å²) in [7, 11) is 0. The number of nitrogens with one attached hydrogen (secondary N) is 2. The van der Waals surface area contributed by atoms with Crippen LogP contribution in [0.3, 0.4) is 0 Å². The molecule has 3 fully saturated rings. The predicted octanol–water partition coefficient (Wildman–Crippen LogP) is 4.15. The molecule has 5 heteroatoms. The lowest BCUT2D eigenvalue weighted by molar-refractivity contribution is 0.0506. The van der Waals surface area contributed by atoms with E-state index in [9.17, 15) is 9.59 Å². The van der Waals surface area contributed by atoms with Crippen molar-refractivity contribution in [2.24, 2.45) is 0 Å². The summed E-state index contributed by atoms with van der Waals surface area (Å²) in [6.07, 6.45) is 11.0. The van der Waals surface area contributed by atoms with Gasteiger partial charge in [0.1, 0.15) is 0 Å². The van der Waals surface area contributed by atoms with Crippen LogP contribution < -0.4 is 10.6 Å². The highest BCUT2D eigenvalue weighted by molar-refractivity contribution is 5.95. The van der Waals surface area contributed by atoms with Crippen LogP contribution in [0.4, 0.5) is 4.79 Å². The second-order valence-corrected chi connectivity index (χ2v) is 8.89. The van der Waals surface area contributed by atoms with Crippen LogP contribution in [-0.2, 0) is 0 Å². The predicted molar refractivity (Wildman–Crippen MR) is 110 cm³/mol. The lowest BCUT2D eigenvalue weighted by atomic mass is 9.81. The summed E-state index contributed by atoms with van der Waals surface area (Å²) in [6.45, 7) is 1.97. The Morgan fingerprint density at radius 2 is 1.54 bits per heavy atom. The molecule has 2 aliphatic heterocycles. The first-order chi connectivity index (χ1) is 13.6. The fourth-order valence-corrected chi connectivity index (χ4v) is 5.42. The van der Waals surface area contributed by atoms with Gasteiger partial charge < -0.3 is 15.5 Å². The van der Waals surface area contributed by atoms with Crippen molar-refractivity contribution in [3.8, 4) is 0 Å². The van der Waals surface area contributed by atoms with Gasteiger partial charge in [-0.15, -0.1) is 0 Å². The first-order valence-corrected chi connectivity index (χ1v) is 11.1. The Balaban J connectivity index is 1.38. The second kappa shape index (κ2) is 8.54. The van der Waals surface area contributed by atoms with Gasteiger partial charge in [0.15, 0.2) is 0 Å². The maximum Gasteiger partial charge on any atom is 0.318 e. The number of hydrogen-bond acceptors (Lipinski definition) is 2. The van der Waals surface area contributed by atoms with Gasteiger partial charge >= 0.3 is 6.03 Å². The molecule has 2 heterocycles. The molecule has 1 aromatic carbocycles. The number of fused-ring (bicyclic) bond motifs is 2. The quantitative estimate of drug-likeness (QED) is 0.823. The standard InChI is InChI=1S/C23H33N3O2/c1-16-8-5-6-13-21(16)22(27)24-18-14-19-11-7-12-20(15-18)26(19)23(28)25-17-9-3-2-4-10-17/h5-6,8,13,17-20H,2-4,7,9-12,14-15H2,1H3,(H,24,27)(H,25,28)/t19-,20-/m0/s1. The Bertz CT molecular complexity index is 700. The van der Waals surface area contributed by atoms with E-state index in [0.717, 1.165) is 49.7 Å². The van der Waals surface area contributed by atoms with E-state index >= 15 is 0 Å². The molecule has 3 aliphatic rings. The van der Waals surface area contributed by atoms with Crippen LogP contribution >= 0.6 is 0 Å². The summed E-state index contributed by atoms with van der Waals surface area (Å²) < 4.78 is 0. The third-order valence-corrected chi connectivity index (χ3v) is 6.87. The smallest absolute Gasteiger partial charge is 0.318 e. The van der Waals surface area contributed by atoms with E-state index in [1.807, 2.05) is 31.2 Å². The highest BCUT2D eigenvalue weighted by atomic mass is 16.2. The van der Waals surface area contributed by atoms with Crippen LogP contribution in [0.5, 0.6) is 0 Å². The molecule has 28 heavy (non-hydrogen) atoms. The molecule has 3 amide bonds. The molecule has 5 nitrogen and oxygen atoms in total. The van der Waals surface area contributed by atoms with Crippen LogP contribution in [-0.4, -0.2) is 41.0 Å². The molecule has 152 valence electrons. The molecule has 1 aromatic rings. The molecular formula is C23H33N3O2. The lowest BCUT2D eigenvalue weighted by Crippen LogP contribution is -2.61.